The van der Waals surface area contributed by atoms with Crippen LogP contribution in [0, 0.1) is 5.92 Å². The molecule has 0 radical (unpaired) electrons. The Morgan fingerprint density at radius 1 is 0.828 bits per heavy atom. The van der Waals surface area contributed by atoms with Crippen molar-refractivity contribution < 1.29 is 33.4 Å². The minimum absolute atomic E-state index is 0.0446. The molecule has 2 aliphatic heterocycles. The van der Waals surface area contributed by atoms with Crippen LogP contribution < -0.4 is 16.0 Å². The van der Waals surface area contributed by atoms with Gasteiger partial charge in [0.05, 0.1) is 38.2 Å². The van der Waals surface area contributed by atoms with E-state index in [0.717, 1.165) is 87.7 Å². The number of carbonyl (C=O) groups excluding carboxylic acids is 4. The van der Waals surface area contributed by atoms with Crippen molar-refractivity contribution in [2.45, 2.75) is 132 Å². The largest absolute Gasteiger partial charge is 0.453 e. The standard InChI is InChI=1S/C43H60N8O7/c1-27(2)35(50-41(55)57-4)39(53)51-22-8-10-33(51)37-45-26-34(49-37)43-19-16-42(17-20-43,18-21-43)29-13-11-28(12-14-29)32-25-44-36(46-32)30-15-24-58-23-7-5-6-9-31(38(52)47-30)48-40(54)56-3/h11-14,25-27,30-31,33,35H,5-10,15-24H2,1-4H3,(H,44,46)(H,45,49)(H,47,52)(H,48,54)(H,50,55)/t30-,31-,33-,35-,42?,43?/m0/s1. The van der Waals surface area contributed by atoms with Crippen molar-refractivity contribution in [2.75, 3.05) is 34.0 Å². The fourth-order valence-corrected chi connectivity index (χ4v) is 9.71. The summed E-state index contributed by atoms with van der Waals surface area (Å²) < 4.78 is 15.4. The number of methoxy groups -OCH3 is 2. The van der Waals surface area contributed by atoms with E-state index in [2.05, 4.69) is 55.2 Å². The van der Waals surface area contributed by atoms with Gasteiger partial charge in [-0.05, 0) is 93.1 Å². The summed E-state index contributed by atoms with van der Waals surface area (Å²) in [4.78, 5) is 69.7. The van der Waals surface area contributed by atoms with Crippen molar-refractivity contribution in [3.8, 4) is 11.3 Å². The Bertz CT molecular complexity index is 1880. The summed E-state index contributed by atoms with van der Waals surface area (Å²) in [5.74, 6) is 1.02. The lowest BCUT2D eigenvalue weighted by atomic mass is 9.51. The van der Waals surface area contributed by atoms with Gasteiger partial charge in [0.25, 0.3) is 0 Å². The molecule has 5 N–H and O–H groups in total. The molecule has 0 spiro atoms. The van der Waals surface area contributed by atoms with Gasteiger partial charge in [-0.15, -0.1) is 0 Å². The molecule has 5 fully saturated rings. The number of H-pyrrole nitrogens is 2. The molecule has 4 amide bonds. The smallest absolute Gasteiger partial charge is 0.407 e. The van der Waals surface area contributed by atoms with Crippen LogP contribution in [-0.4, -0.2) is 94.9 Å². The molecule has 58 heavy (non-hydrogen) atoms. The van der Waals surface area contributed by atoms with Gasteiger partial charge < -0.3 is 45.0 Å². The lowest BCUT2D eigenvalue weighted by Crippen LogP contribution is -2.51. The number of fused-ring (bicyclic) bond motifs is 3. The number of benzene rings is 1. The van der Waals surface area contributed by atoms with E-state index in [-0.39, 0.29) is 34.6 Å². The third-order valence-electron chi connectivity index (χ3n) is 13.3. The van der Waals surface area contributed by atoms with Gasteiger partial charge in [-0.2, -0.15) is 0 Å². The molecule has 15 nitrogen and oxygen atoms in total. The first-order valence-corrected chi connectivity index (χ1v) is 21.1. The predicted octanol–water partition coefficient (Wildman–Crippen LogP) is 6.25. The minimum Gasteiger partial charge on any atom is -0.453 e. The second-order valence-electron chi connectivity index (χ2n) is 17.0. The number of ether oxygens (including phenoxy) is 3. The molecular weight excluding hydrogens is 741 g/mol. The third-order valence-corrected chi connectivity index (χ3v) is 13.3. The lowest BCUT2D eigenvalue weighted by molar-refractivity contribution is -0.135. The molecule has 2 aromatic heterocycles. The van der Waals surface area contributed by atoms with Gasteiger partial charge in [-0.25, -0.2) is 19.6 Å². The quantitative estimate of drug-likeness (QED) is 0.166. The van der Waals surface area contributed by atoms with Crippen molar-refractivity contribution in [1.82, 2.24) is 40.8 Å². The molecule has 2 bridgehead atoms. The molecular formula is C43H60N8O7. The van der Waals surface area contributed by atoms with Gasteiger partial charge in [-0.3, -0.25) is 9.59 Å². The Morgan fingerprint density at radius 3 is 2.24 bits per heavy atom. The maximum atomic E-state index is 13.7. The van der Waals surface area contributed by atoms with Gasteiger partial charge in [0.15, 0.2) is 0 Å². The molecule has 314 valence electrons. The minimum atomic E-state index is -0.694. The van der Waals surface area contributed by atoms with E-state index in [0.29, 0.717) is 38.4 Å². The van der Waals surface area contributed by atoms with Crippen LogP contribution >= 0.6 is 0 Å². The van der Waals surface area contributed by atoms with E-state index in [1.165, 1.54) is 25.5 Å². The zero-order valence-electron chi connectivity index (χ0n) is 34.4. The first-order chi connectivity index (χ1) is 28.0. The van der Waals surface area contributed by atoms with Crippen LogP contribution in [0.2, 0.25) is 0 Å². The number of likely N-dealkylation sites (tertiary alicyclic amines) is 1. The van der Waals surface area contributed by atoms with Crippen molar-refractivity contribution in [3.05, 3.63) is 59.6 Å². The summed E-state index contributed by atoms with van der Waals surface area (Å²) >= 11 is 0. The summed E-state index contributed by atoms with van der Waals surface area (Å²) in [6.45, 7) is 5.61. The molecule has 0 unspecified atom stereocenters. The molecule has 3 saturated carbocycles. The van der Waals surface area contributed by atoms with Crippen molar-refractivity contribution in [2.24, 2.45) is 5.92 Å². The molecule has 8 rings (SSSR count). The summed E-state index contributed by atoms with van der Waals surface area (Å²) in [5, 5.41) is 8.52. The van der Waals surface area contributed by atoms with Crippen LogP contribution in [0.3, 0.4) is 0 Å². The normalized spacial score (nSPS) is 27.2. The van der Waals surface area contributed by atoms with E-state index in [1.54, 1.807) is 0 Å². The highest BCUT2D eigenvalue weighted by molar-refractivity contribution is 5.87. The Morgan fingerprint density at radius 2 is 1.53 bits per heavy atom. The van der Waals surface area contributed by atoms with Crippen LogP contribution in [-0.2, 0) is 34.6 Å². The number of amides is 4. The number of rotatable bonds is 9. The molecule has 3 aromatic rings. The summed E-state index contributed by atoms with van der Waals surface area (Å²) in [7, 11) is 2.60. The van der Waals surface area contributed by atoms with E-state index >= 15 is 0 Å². The van der Waals surface area contributed by atoms with E-state index in [1.807, 2.05) is 31.1 Å². The number of hydrogen-bond donors (Lipinski definition) is 5. The topological polar surface area (TPSA) is 193 Å². The van der Waals surface area contributed by atoms with Crippen LogP contribution in [0.5, 0.6) is 0 Å². The fraction of sp³-hybridized carbons (Fsp3) is 0.628. The van der Waals surface area contributed by atoms with Gasteiger partial charge in [-0.1, -0.05) is 51.0 Å². The van der Waals surface area contributed by atoms with Crippen molar-refractivity contribution in [3.63, 3.8) is 0 Å². The van der Waals surface area contributed by atoms with E-state index < -0.39 is 30.3 Å². The van der Waals surface area contributed by atoms with E-state index in [9.17, 15) is 19.2 Å². The Kier molecular flexibility index (Phi) is 12.7. The molecule has 2 saturated heterocycles. The van der Waals surface area contributed by atoms with E-state index in [4.69, 9.17) is 19.2 Å². The number of carbonyl (C=O) groups is 4. The van der Waals surface area contributed by atoms with Gasteiger partial charge in [0, 0.05) is 37.1 Å². The molecule has 4 atom stereocenters. The van der Waals surface area contributed by atoms with Crippen molar-refractivity contribution in [1.29, 1.82) is 0 Å². The number of imidazole rings is 2. The molecule has 5 aliphatic rings. The summed E-state index contributed by atoms with van der Waals surface area (Å²) in [6.07, 6.45) is 14.4. The fourth-order valence-electron chi connectivity index (χ4n) is 9.71. The maximum Gasteiger partial charge on any atom is 0.407 e. The predicted molar refractivity (Wildman–Crippen MR) is 216 cm³/mol. The Hall–Kier alpha value is -4.92. The number of hydrogen-bond acceptors (Lipinski definition) is 9. The van der Waals surface area contributed by atoms with Crippen LogP contribution in [0.4, 0.5) is 9.59 Å². The molecule has 15 heteroatoms. The van der Waals surface area contributed by atoms with Gasteiger partial charge in [0.1, 0.15) is 23.7 Å². The van der Waals surface area contributed by atoms with Crippen molar-refractivity contribution >= 4 is 24.0 Å². The van der Waals surface area contributed by atoms with Gasteiger partial charge >= 0.3 is 12.2 Å². The number of nitrogens with one attached hydrogen (secondary N) is 5. The zero-order chi connectivity index (χ0) is 40.9. The Labute approximate surface area is 340 Å². The summed E-state index contributed by atoms with van der Waals surface area (Å²) in [6, 6.07) is 6.94. The molecule has 4 heterocycles. The van der Waals surface area contributed by atoms with Gasteiger partial charge in [0.2, 0.25) is 11.8 Å². The average molecular weight is 801 g/mol. The first-order valence-electron chi connectivity index (χ1n) is 21.1. The molecule has 3 aliphatic carbocycles. The SMILES string of the molecule is COC(=O)N[C@H]1CCCCCOCC[C@@H](c2ncc(-c3ccc(C45CCC(c6cnc([C@@H]7CCCN7C(=O)[C@@H](NC(=O)OC)C(C)C)[nH]6)(CC4)CC5)cc3)[nH]2)NC1=O. The highest BCUT2D eigenvalue weighted by Gasteiger charge is 2.51. The average Bonchev–Trinajstić information content (AvgIpc) is 4.05. The first kappa shape index (κ1) is 41.2. The second-order valence-corrected chi connectivity index (χ2v) is 17.0. The third kappa shape index (κ3) is 8.74. The summed E-state index contributed by atoms with van der Waals surface area (Å²) in [5.41, 5.74) is 4.60. The highest BCUT2D eigenvalue weighted by Crippen LogP contribution is 2.58. The second kappa shape index (κ2) is 17.9. The van der Waals surface area contributed by atoms with Crippen LogP contribution in [0.25, 0.3) is 11.3 Å². The molecule has 1 aromatic carbocycles. The lowest BCUT2D eigenvalue weighted by Gasteiger charge is -2.53. The maximum absolute atomic E-state index is 13.7. The highest BCUT2D eigenvalue weighted by atomic mass is 16.5. The number of alkyl carbamates (subject to hydrolysis) is 2. The number of aromatic nitrogens is 4. The number of aromatic amines is 2. The van der Waals surface area contributed by atoms with Crippen LogP contribution in [0.15, 0.2) is 36.7 Å². The number of nitrogens with zero attached hydrogens (tertiary/aromatic N) is 3. The zero-order valence-corrected chi connectivity index (χ0v) is 34.4. The monoisotopic (exact) mass is 800 g/mol. The van der Waals surface area contributed by atoms with Crippen LogP contribution in [0.1, 0.15) is 132 Å². The Balaban J connectivity index is 0.993.